The number of nitrogens with zero attached hydrogens (tertiary/aromatic N) is 1. The molecule has 3 aromatic rings. The number of ketones is 1. The Bertz CT molecular complexity index is 1190. The molecule has 0 spiro atoms. The molecule has 0 bridgehead atoms. The van der Waals surface area contributed by atoms with Crippen molar-refractivity contribution >= 4 is 22.7 Å². The van der Waals surface area contributed by atoms with Crippen molar-refractivity contribution in [3.05, 3.63) is 64.9 Å². The van der Waals surface area contributed by atoms with Crippen LogP contribution in [0.25, 0.3) is 11.0 Å². The molecule has 1 N–H and O–H groups in total. The van der Waals surface area contributed by atoms with Gasteiger partial charge in [0.05, 0.1) is 17.7 Å². The molecule has 1 aliphatic rings. The first-order valence-electron chi connectivity index (χ1n) is 13.1. The number of unbranched alkanes of at least 4 members (excludes halogenated alkanes) is 1. The number of aromatic carboxylic acids is 1. The lowest BCUT2D eigenvalue weighted by atomic mass is 9.92. The summed E-state index contributed by atoms with van der Waals surface area (Å²) in [6.45, 7) is 10.7. The Kier molecular flexibility index (Phi) is 8.47. The predicted molar refractivity (Wildman–Crippen MR) is 141 cm³/mol. The highest BCUT2D eigenvalue weighted by molar-refractivity contribution is 6.17. The van der Waals surface area contributed by atoms with Crippen molar-refractivity contribution in [1.82, 2.24) is 4.90 Å². The molecule has 1 aliphatic heterocycles. The second-order valence-electron chi connectivity index (χ2n) is 10.3. The molecule has 36 heavy (non-hydrogen) atoms. The molecule has 6 heteroatoms. The van der Waals surface area contributed by atoms with Crippen LogP contribution in [-0.4, -0.2) is 48.0 Å². The van der Waals surface area contributed by atoms with E-state index in [1.54, 1.807) is 18.2 Å². The maximum absolute atomic E-state index is 13.5. The van der Waals surface area contributed by atoms with E-state index in [1.165, 1.54) is 18.6 Å². The number of likely N-dealkylation sites (tertiary alicyclic amines) is 1. The van der Waals surface area contributed by atoms with Crippen LogP contribution in [0.4, 0.5) is 0 Å². The second kappa shape index (κ2) is 11.7. The Morgan fingerprint density at radius 3 is 2.39 bits per heavy atom. The van der Waals surface area contributed by atoms with Gasteiger partial charge >= 0.3 is 5.97 Å². The number of fused-ring (bicyclic) bond motifs is 1. The van der Waals surface area contributed by atoms with Gasteiger partial charge in [-0.25, -0.2) is 4.79 Å². The van der Waals surface area contributed by atoms with E-state index in [0.717, 1.165) is 56.5 Å². The smallest absolute Gasteiger partial charge is 0.335 e. The zero-order chi connectivity index (χ0) is 25.7. The van der Waals surface area contributed by atoms with Crippen molar-refractivity contribution in [3.63, 3.8) is 0 Å². The van der Waals surface area contributed by atoms with Gasteiger partial charge < -0.3 is 19.2 Å². The van der Waals surface area contributed by atoms with Crippen LogP contribution in [0, 0.1) is 11.8 Å². The monoisotopic (exact) mass is 491 g/mol. The average molecular weight is 492 g/mol. The molecule has 0 aliphatic carbocycles. The topological polar surface area (TPSA) is 80.0 Å². The quantitative estimate of drug-likeness (QED) is 0.245. The van der Waals surface area contributed by atoms with Gasteiger partial charge in [0, 0.05) is 37.0 Å². The molecule has 2 unspecified atom stereocenters. The van der Waals surface area contributed by atoms with Crippen LogP contribution >= 0.6 is 0 Å². The molecule has 0 radical (unpaired) electrons. The van der Waals surface area contributed by atoms with E-state index in [-0.39, 0.29) is 11.3 Å². The van der Waals surface area contributed by atoms with Crippen LogP contribution in [0.3, 0.4) is 0 Å². The van der Waals surface area contributed by atoms with Crippen LogP contribution in [-0.2, 0) is 6.42 Å². The summed E-state index contributed by atoms with van der Waals surface area (Å²) in [5.41, 5.74) is 1.66. The van der Waals surface area contributed by atoms with Gasteiger partial charge in [0.2, 0.25) is 0 Å². The summed E-state index contributed by atoms with van der Waals surface area (Å²) in [5, 5.41) is 9.97. The molecular formula is C30H37NO5. The highest BCUT2D eigenvalue weighted by Crippen LogP contribution is 2.31. The minimum Gasteiger partial charge on any atom is -0.494 e. The maximum atomic E-state index is 13.5. The number of carboxylic acids is 1. The average Bonchev–Trinajstić information content (AvgIpc) is 3.22. The fourth-order valence-corrected chi connectivity index (χ4v) is 5.34. The predicted octanol–water partition coefficient (Wildman–Crippen LogP) is 6.45. The van der Waals surface area contributed by atoms with Gasteiger partial charge in [-0.15, -0.1) is 0 Å². The van der Waals surface area contributed by atoms with Crippen LogP contribution in [0.2, 0.25) is 0 Å². The Labute approximate surface area is 213 Å². The normalized spacial score (nSPS) is 18.4. The number of carbonyl (C=O) groups excluding carboxylic acids is 1. The lowest BCUT2D eigenvalue weighted by Gasteiger charge is -2.34. The molecule has 2 heterocycles. The summed E-state index contributed by atoms with van der Waals surface area (Å²) in [6.07, 6.45) is 4.76. The third-order valence-corrected chi connectivity index (χ3v) is 6.94. The molecule has 2 aromatic carbocycles. The van der Waals surface area contributed by atoms with Gasteiger partial charge in [0.1, 0.15) is 17.1 Å². The molecule has 1 aromatic heterocycles. The molecule has 1 fully saturated rings. The third-order valence-electron chi connectivity index (χ3n) is 6.94. The van der Waals surface area contributed by atoms with E-state index in [4.69, 9.17) is 9.15 Å². The molecule has 1 saturated heterocycles. The van der Waals surface area contributed by atoms with Gasteiger partial charge in [-0.1, -0.05) is 27.2 Å². The zero-order valence-corrected chi connectivity index (χ0v) is 21.6. The van der Waals surface area contributed by atoms with Gasteiger partial charge in [0.15, 0.2) is 5.78 Å². The minimum atomic E-state index is -1.03. The molecule has 192 valence electrons. The van der Waals surface area contributed by atoms with E-state index >= 15 is 0 Å². The lowest BCUT2D eigenvalue weighted by molar-refractivity contribution is 0.0696. The van der Waals surface area contributed by atoms with Gasteiger partial charge in [0.25, 0.3) is 0 Å². The molecule has 2 atom stereocenters. The Hall–Kier alpha value is -3.12. The molecule has 6 nitrogen and oxygen atoms in total. The number of piperidine rings is 1. The van der Waals surface area contributed by atoms with E-state index in [0.29, 0.717) is 40.9 Å². The van der Waals surface area contributed by atoms with Crippen LogP contribution in [0.1, 0.15) is 78.5 Å². The third kappa shape index (κ3) is 6.16. The van der Waals surface area contributed by atoms with Crippen molar-refractivity contribution in [3.8, 4) is 5.75 Å². The number of carboxylic acid groups (broad SMARTS) is 1. The summed E-state index contributed by atoms with van der Waals surface area (Å²) in [4.78, 5) is 27.6. The fraction of sp³-hybridized carbons (Fsp3) is 0.467. The Morgan fingerprint density at radius 2 is 1.72 bits per heavy atom. The summed E-state index contributed by atoms with van der Waals surface area (Å²) >= 11 is 0. The highest BCUT2D eigenvalue weighted by atomic mass is 16.5. The van der Waals surface area contributed by atoms with Crippen molar-refractivity contribution < 1.29 is 23.8 Å². The minimum absolute atomic E-state index is 0.136. The highest BCUT2D eigenvalue weighted by Gasteiger charge is 2.23. The summed E-state index contributed by atoms with van der Waals surface area (Å²) in [7, 11) is 0. The Morgan fingerprint density at radius 1 is 1.03 bits per heavy atom. The number of furan rings is 1. The first-order valence-corrected chi connectivity index (χ1v) is 13.1. The first-order chi connectivity index (χ1) is 17.4. The largest absolute Gasteiger partial charge is 0.494 e. The van der Waals surface area contributed by atoms with Crippen molar-refractivity contribution in [1.29, 1.82) is 0 Å². The SMILES string of the molecule is CCCCc1oc2ccc(C(=O)O)cc2c1C(=O)c1ccc(OCCCN2CC(C)CC(C)C2)cc1. The van der Waals surface area contributed by atoms with E-state index in [2.05, 4.69) is 25.7 Å². The standard InChI is InChI=1S/C30H37NO5/c1-4-5-7-27-28(25-17-23(30(33)34)10-13-26(25)36-27)29(32)22-8-11-24(12-9-22)35-15-6-14-31-18-20(2)16-21(3)19-31/h8-13,17,20-21H,4-7,14-16,18-19H2,1-3H3,(H,33,34). The summed E-state index contributed by atoms with van der Waals surface area (Å²) in [5.74, 6) is 1.67. The number of ether oxygens (including phenoxy) is 1. The molecular weight excluding hydrogens is 454 g/mol. The number of carbonyl (C=O) groups is 2. The van der Waals surface area contributed by atoms with Gasteiger partial charge in [-0.05, 0) is 73.6 Å². The fourth-order valence-electron chi connectivity index (χ4n) is 5.34. The Balaban J connectivity index is 1.43. The number of rotatable bonds is 11. The van der Waals surface area contributed by atoms with Gasteiger partial charge in [-0.3, -0.25) is 4.79 Å². The number of hydrogen-bond acceptors (Lipinski definition) is 5. The lowest BCUT2D eigenvalue weighted by Crippen LogP contribution is -2.39. The number of aryl methyl sites for hydroxylation is 1. The molecule has 0 amide bonds. The van der Waals surface area contributed by atoms with Crippen molar-refractivity contribution in [2.24, 2.45) is 11.8 Å². The number of hydrogen-bond donors (Lipinski definition) is 1. The van der Waals surface area contributed by atoms with Crippen LogP contribution < -0.4 is 4.74 Å². The van der Waals surface area contributed by atoms with E-state index < -0.39 is 5.97 Å². The number of benzene rings is 2. The van der Waals surface area contributed by atoms with Gasteiger partial charge in [-0.2, -0.15) is 0 Å². The van der Waals surface area contributed by atoms with Crippen LogP contribution in [0.15, 0.2) is 46.9 Å². The summed E-state index contributed by atoms with van der Waals surface area (Å²) in [6, 6.07) is 11.9. The van der Waals surface area contributed by atoms with E-state index in [1.807, 2.05) is 12.1 Å². The molecule has 0 saturated carbocycles. The zero-order valence-electron chi connectivity index (χ0n) is 21.6. The first kappa shape index (κ1) is 26.0. The molecule has 4 rings (SSSR count). The van der Waals surface area contributed by atoms with E-state index in [9.17, 15) is 14.7 Å². The van der Waals surface area contributed by atoms with Crippen molar-refractivity contribution in [2.75, 3.05) is 26.2 Å². The van der Waals surface area contributed by atoms with Crippen molar-refractivity contribution in [2.45, 2.75) is 52.9 Å². The van der Waals surface area contributed by atoms with Crippen LogP contribution in [0.5, 0.6) is 5.75 Å². The second-order valence-corrected chi connectivity index (χ2v) is 10.3. The summed E-state index contributed by atoms with van der Waals surface area (Å²) < 4.78 is 11.9. The maximum Gasteiger partial charge on any atom is 0.335 e.